The average Bonchev–Trinajstić information content (AvgIpc) is 3.33. The zero-order valence-corrected chi connectivity index (χ0v) is 19.3. The van der Waals surface area contributed by atoms with Crippen molar-refractivity contribution in [3.63, 3.8) is 0 Å². The quantitative estimate of drug-likeness (QED) is 0.575. The van der Waals surface area contributed by atoms with Crippen LogP contribution in [-0.4, -0.2) is 22.7 Å². The zero-order chi connectivity index (χ0) is 22.5. The van der Waals surface area contributed by atoms with Crippen molar-refractivity contribution in [2.24, 2.45) is 5.41 Å². The van der Waals surface area contributed by atoms with Gasteiger partial charge in [-0.15, -0.1) is 0 Å². The van der Waals surface area contributed by atoms with Crippen molar-refractivity contribution in [2.75, 3.05) is 12.1 Å². The number of aromatic nitrogens is 2. The van der Waals surface area contributed by atoms with Crippen LogP contribution < -0.4 is 14.8 Å². The minimum atomic E-state index is -0.788. The molecule has 1 saturated carbocycles. The largest absolute Gasteiger partial charge is 0.454 e. The summed E-state index contributed by atoms with van der Waals surface area (Å²) in [6.07, 6.45) is 1.60. The van der Waals surface area contributed by atoms with Crippen molar-refractivity contribution in [3.05, 3.63) is 52.3 Å². The maximum Gasteiger partial charge on any atom is 0.237 e. The molecule has 2 atom stereocenters. The fraction of sp³-hybridized carbons (Fsp3) is 0.400. The van der Waals surface area contributed by atoms with Crippen LogP contribution in [0.15, 0.2) is 30.3 Å². The number of carbonyl (C=O) groups is 1. The monoisotopic (exact) mass is 449 g/mol. The van der Waals surface area contributed by atoms with E-state index >= 15 is 0 Å². The van der Waals surface area contributed by atoms with E-state index in [1.54, 1.807) is 0 Å². The number of carbonyl (C=O) groups excluding carboxylic acids is 1. The first-order valence-electron chi connectivity index (χ1n) is 10.9. The number of hydrogen-bond acceptors (Lipinski definition) is 5. The number of anilines is 1. The smallest absolute Gasteiger partial charge is 0.237 e. The minimum absolute atomic E-state index is 0.0512. The number of ether oxygens (including phenoxy) is 2. The lowest BCUT2D eigenvalue weighted by Crippen LogP contribution is -2.48. The van der Waals surface area contributed by atoms with Crippen LogP contribution in [0.4, 0.5) is 5.69 Å². The van der Waals surface area contributed by atoms with E-state index in [0.29, 0.717) is 22.0 Å². The van der Waals surface area contributed by atoms with E-state index in [1.165, 1.54) is 0 Å². The molecule has 1 fully saturated rings. The summed E-state index contributed by atoms with van der Waals surface area (Å²) in [4.78, 5) is 24.1. The predicted octanol–water partition coefficient (Wildman–Crippen LogP) is 5.29. The summed E-state index contributed by atoms with van der Waals surface area (Å²) in [5.41, 5.74) is 3.33. The van der Waals surface area contributed by atoms with Gasteiger partial charge in [0.25, 0.3) is 0 Å². The number of fused-ring (bicyclic) bond motifs is 7. The van der Waals surface area contributed by atoms with Gasteiger partial charge in [-0.1, -0.05) is 38.4 Å². The van der Waals surface area contributed by atoms with Gasteiger partial charge in [-0.25, -0.2) is 9.97 Å². The molecule has 0 spiro atoms. The lowest BCUT2D eigenvalue weighted by molar-refractivity contribution is -0.125. The molecule has 3 aliphatic rings. The summed E-state index contributed by atoms with van der Waals surface area (Å²) in [7, 11) is 0. The fourth-order valence-electron chi connectivity index (χ4n) is 5.97. The molecule has 1 aromatic heterocycles. The second-order valence-corrected chi connectivity index (χ2v) is 10.3. The molecule has 2 aromatic carbocycles. The van der Waals surface area contributed by atoms with E-state index < -0.39 is 5.41 Å². The number of halogens is 1. The van der Waals surface area contributed by atoms with Gasteiger partial charge in [0.15, 0.2) is 11.5 Å². The first-order chi connectivity index (χ1) is 15.2. The van der Waals surface area contributed by atoms with E-state index in [1.807, 2.05) is 37.3 Å². The van der Waals surface area contributed by atoms with Crippen LogP contribution in [0, 0.1) is 12.3 Å². The summed E-state index contributed by atoms with van der Waals surface area (Å²) in [5.74, 6) is 1.29. The molecule has 7 heteroatoms. The summed E-state index contributed by atoms with van der Waals surface area (Å²) in [5, 5.41) is 3.81. The third-order valence-corrected chi connectivity index (χ3v) is 8.84. The van der Waals surface area contributed by atoms with Crippen LogP contribution in [0.2, 0.25) is 5.02 Å². The molecule has 32 heavy (non-hydrogen) atoms. The first kappa shape index (κ1) is 19.8. The molecule has 2 aliphatic carbocycles. The van der Waals surface area contributed by atoms with E-state index in [0.717, 1.165) is 41.0 Å². The second kappa shape index (κ2) is 6.13. The third-order valence-electron chi connectivity index (χ3n) is 8.44. The van der Waals surface area contributed by atoms with Gasteiger partial charge < -0.3 is 14.8 Å². The van der Waals surface area contributed by atoms with Gasteiger partial charge >= 0.3 is 0 Å². The molecule has 1 aliphatic heterocycles. The number of amides is 1. The van der Waals surface area contributed by atoms with Crippen LogP contribution in [0.5, 0.6) is 11.5 Å². The van der Waals surface area contributed by atoms with Gasteiger partial charge in [0.2, 0.25) is 12.7 Å². The molecule has 6 rings (SSSR count). The van der Waals surface area contributed by atoms with E-state index in [2.05, 4.69) is 26.1 Å². The molecular weight excluding hydrogens is 426 g/mol. The minimum Gasteiger partial charge on any atom is -0.454 e. The molecule has 0 radical (unpaired) electrons. The fourth-order valence-corrected chi connectivity index (χ4v) is 6.14. The summed E-state index contributed by atoms with van der Waals surface area (Å²) >= 11 is 6.31. The molecule has 6 nitrogen and oxygen atoms in total. The summed E-state index contributed by atoms with van der Waals surface area (Å²) in [6, 6.07) is 9.31. The molecular formula is C25H24ClN3O3. The number of benzene rings is 2. The Bertz CT molecular complexity index is 1340. The summed E-state index contributed by atoms with van der Waals surface area (Å²) in [6.45, 7) is 8.67. The van der Waals surface area contributed by atoms with Crippen LogP contribution >= 0.6 is 11.6 Å². The van der Waals surface area contributed by atoms with E-state index in [4.69, 9.17) is 31.0 Å². The molecule has 2 unspecified atom stereocenters. The van der Waals surface area contributed by atoms with Gasteiger partial charge in [0.05, 0.1) is 27.8 Å². The lowest BCUT2D eigenvalue weighted by atomic mass is 9.63. The molecule has 0 saturated heterocycles. The highest BCUT2D eigenvalue weighted by Gasteiger charge is 2.73. The van der Waals surface area contributed by atoms with Gasteiger partial charge in [-0.2, -0.15) is 0 Å². The highest BCUT2D eigenvalue weighted by Crippen LogP contribution is 2.70. The van der Waals surface area contributed by atoms with Crippen LogP contribution in [0.3, 0.4) is 0 Å². The van der Waals surface area contributed by atoms with Crippen LogP contribution in [0.25, 0.3) is 11.0 Å². The Balaban J connectivity index is 1.54. The number of nitrogens with one attached hydrogen (secondary N) is 1. The SMILES string of the molecule is Cc1c(Cl)cccc1NC(=O)C12CCC(C)(c3nc4cc5c(cc4nc31)OCO5)C2(C)C. The number of rotatable bonds is 2. The van der Waals surface area contributed by atoms with Crippen molar-refractivity contribution in [1.82, 2.24) is 9.97 Å². The van der Waals surface area contributed by atoms with Crippen molar-refractivity contribution in [2.45, 2.75) is 51.4 Å². The number of nitrogens with zero attached hydrogens (tertiary/aromatic N) is 2. The topological polar surface area (TPSA) is 73.3 Å². The average molecular weight is 450 g/mol. The molecule has 164 valence electrons. The van der Waals surface area contributed by atoms with Gasteiger partial charge in [-0.05, 0) is 42.9 Å². The van der Waals surface area contributed by atoms with Gasteiger partial charge in [-0.3, -0.25) is 4.79 Å². The Morgan fingerprint density at radius 1 is 1.03 bits per heavy atom. The molecule has 3 aromatic rings. The molecule has 2 heterocycles. The molecule has 1 N–H and O–H groups in total. The van der Waals surface area contributed by atoms with Crippen molar-refractivity contribution < 1.29 is 14.3 Å². The summed E-state index contributed by atoms with van der Waals surface area (Å²) < 4.78 is 11.1. The first-order valence-corrected chi connectivity index (χ1v) is 11.3. The lowest BCUT2D eigenvalue weighted by Gasteiger charge is -2.39. The zero-order valence-electron chi connectivity index (χ0n) is 18.5. The predicted molar refractivity (Wildman–Crippen MR) is 123 cm³/mol. The third kappa shape index (κ3) is 2.18. The standard InChI is InChI=1S/C25H24ClN3O3/c1-13-14(26)6-5-7-15(13)29-22(30)25-9-8-24(4,23(25,2)3)20-21(25)28-17-11-19-18(31-12-32-19)10-16(17)27-20/h5-7,10-11H,8-9,12H2,1-4H3,(H,29,30). The second-order valence-electron chi connectivity index (χ2n) is 9.84. The Labute approximate surface area is 191 Å². The Hall–Kier alpha value is -2.86. The maximum absolute atomic E-state index is 14.0. The maximum atomic E-state index is 14.0. The Kier molecular flexibility index (Phi) is 3.79. The van der Waals surface area contributed by atoms with E-state index in [-0.39, 0.29) is 23.5 Å². The Morgan fingerprint density at radius 3 is 2.38 bits per heavy atom. The molecule has 1 amide bonds. The molecule has 2 bridgehead atoms. The Morgan fingerprint density at radius 2 is 1.69 bits per heavy atom. The van der Waals surface area contributed by atoms with Gasteiger partial charge in [0.1, 0.15) is 0 Å². The van der Waals surface area contributed by atoms with Crippen molar-refractivity contribution >= 4 is 34.2 Å². The van der Waals surface area contributed by atoms with E-state index in [9.17, 15) is 4.79 Å². The van der Waals surface area contributed by atoms with Crippen LogP contribution in [-0.2, 0) is 15.6 Å². The van der Waals surface area contributed by atoms with Crippen LogP contribution in [0.1, 0.15) is 50.6 Å². The van der Waals surface area contributed by atoms with Crippen molar-refractivity contribution in [3.8, 4) is 11.5 Å². The van der Waals surface area contributed by atoms with Gasteiger partial charge in [0, 0.05) is 28.3 Å². The highest BCUT2D eigenvalue weighted by molar-refractivity contribution is 6.31. The van der Waals surface area contributed by atoms with Crippen molar-refractivity contribution in [1.29, 1.82) is 0 Å². The normalized spacial score (nSPS) is 26.4. The highest BCUT2D eigenvalue weighted by atomic mass is 35.5. The number of hydrogen-bond donors (Lipinski definition) is 1.